The molecule has 0 radical (unpaired) electrons. The van der Waals surface area contributed by atoms with E-state index in [9.17, 15) is 0 Å². The molecule has 0 spiro atoms. The normalized spacial score (nSPS) is 16.9. The van der Waals surface area contributed by atoms with E-state index in [1.807, 2.05) is 42.0 Å². The lowest BCUT2D eigenvalue weighted by Crippen LogP contribution is -2.97. The van der Waals surface area contributed by atoms with Gasteiger partial charge in [-0.1, -0.05) is 12.1 Å². The first-order valence-corrected chi connectivity index (χ1v) is 4.67. The average Bonchev–Trinajstić information content (AvgIpc) is 2.71. The highest BCUT2D eigenvalue weighted by molar-refractivity contribution is 5.48. The van der Waals surface area contributed by atoms with Crippen molar-refractivity contribution < 1.29 is 5.53 Å². The molecule has 0 bridgehead atoms. The molecule has 0 aliphatic carbocycles. The van der Waals surface area contributed by atoms with E-state index in [0.29, 0.717) is 0 Å². The van der Waals surface area contributed by atoms with Gasteiger partial charge in [0.2, 0.25) is 0 Å². The van der Waals surface area contributed by atoms with Crippen LogP contribution in [-0.2, 0) is 0 Å². The smallest absolute Gasteiger partial charge is 0.0963 e. The molecule has 4 nitrogen and oxygen atoms in total. The summed E-state index contributed by atoms with van der Waals surface area (Å²) in [5.41, 5.74) is 13.0. The van der Waals surface area contributed by atoms with Crippen LogP contribution in [0.5, 0.6) is 0 Å². The van der Waals surface area contributed by atoms with Crippen molar-refractivity contribution in [2.75, 3.05) is 5.01 Å². The van der Waals surface area contributed by atoms with Crippen LogP contribution in [0.1, 0.15) is 18.5 Å². The Morgan fingerprint density at radius 1 is 1.50 bits per heavy atom. The van der Waals surface area contributed by atoms with Gasteiger partial charge in [0, 0.05) is 6.04 Å². The van der Waals surface area contributed by atoms with Crippen LogP contribution in [0.3, 0.4) is 0 Å². The fraction of sp³-hybridized carbons (Fsp3) is 0.200. The summed E-state index contributed by atoms with van der Waals surface area (Å²) in [6, 6.07) is 8.29. The Morgan fingerprint density at radius 2 is 2.36 bits per heavy atom. The van der Waals surface area contributed by atoms with Gasteiger partial charge in [-0.15, -0.1) is 5.53 Å². The molecule has 74 valence electrons. The number of hydrogen-bond acceptors (Lipinski definition) is 3. The van der Waals surface area contributed by atoms with Gasteiger partial charge in [-0.25, -0.2) is 5.43 Å². The number of benzene rings is 1. The van der Waals surface area contributed by atoms with E-state index in [-0.39, 0.29) is 6.04 Å². The Balaban J connectivity index is 2.25. The van der Waals surface area contributed by atoms with Gasteiger partial charge < -0.3 is 5.73 Å². The summed E-state index contributed by atoms with van der Waals surface area (Å²) in [4.78, 5) is 0. The number of quaternary nitrogens is 1. The predicted molar refractivity (Wildman–Crippen MR) is 55.7 cm³/mol. The fourth-order valence-electron chi connectivity index (χ4n) is 1.42. The maximum Gasteiger partial charge on any atom is 0.0963 e. The third kappa shape index (κ3) is 1.71. The van der Waals surface area contributed by atoms with Crippen molar-refractivity contribution in [3.63, 3.8) is 0 Å². The van der Waals surface area contributed by atoms with E-state index >= 15 is 0 Å². The minimum Gasteiger partial charge on any atom is -0.324 e. The zero-order valence-electron chi connectivity index (χ0n) is 8.14. The van der Waals surface area contributed by atoms with Gasteiger partial charge in [0.1, 0.15) is 0 Å². The highest BCUT2D eigenvalue weighted by Crippen LogP contribution is 2.17. The van der Waals surface area contributed by atoms with Crippen LogP contribution in [0.4, 0.5) is 5.69 Å². The summed E-state index contributed by atoms with van der Waals surface area (Å²) in [6.45, 7) is 1.99. The lowest BCUT2D eigenvalue weighted by atomic mass is 10.1. The third-order valence-corrected chi connectivity index (χ3v) is 2.24. The molecule has 1 atom stereocenters. The highest BCUT2D eigenvalue weighted by atomic mass is 15.7. The van der Waals surface area contributed by atoms with Gasteiger partial charge in [-0.05, 0) is 24.6 Å². The second-order valence-electron chi connectivity index (χ2n) is 3.40. The predicted octanol–water partition coefficient (Wildman–Crippen LogP) is -0.0195. The number of rotatable bonds is 2. The largest absolute Gasteiger partial charge is 0.324 e. The number of nitrogens with one attached hydrogen (secondary N) is 1. The van der Waals surface area contributed by atoms with Crippen LogP contribution in [0.25, 0.3) is 0 Å². The van der Waals surface area contributed by atoms with Gasteiger partial charge >= 0.3 is 0 Å². The Labute approximate surface area is 83.3 Å². The van der Waals surface area contributed by atoms with Gasteiger partial charge in [0.15, 0.2) is 0 Å². The Hall–Kier alpha value is -1.52. The monoisotopic (exact) mass is 191 g/mol. The summed E-state index contributed by atoms with van der Waals surface area (Å²) >= 11 is 0. The van der Waals surface area contributed by atoms with Gasteiger partial charge in [0.05, 0.1) is 18.1 Å². The van der Waals surface area contributed by atoms with Crippen molar-refractivity contribution in [3.8, 4) is 0 Å². The maximum atomic E-state index is 5.82. The summed E-state index contributed by atoms with van der Waals surface area (Å²) in [5, 5.41) is 2.02. The van der Waals surface area contributed by atoms with Crippen molar-refractivity contribution in [1.82, 2.24) is 5.43 Å². The maximum absolute atomic E-state index is 5.82. The Morgan fingerprint density at radius 3 is 3.00 bits per heavy atom. The molecule has 1 aromatic carbocycles. The van der Waals surface area contributed by atoms with Crippen molar-refractivity contribution in [1.29, 1.82) is 0 Å². The number of nitrogens with zero attached hydrogens (tertiary/aromatic N) is 1. The van der Waals surface area contributed by atoms with E-state index in [1.54, 1.807) is 0 Å². The van der Waals surface area contributed by atoms with Crippen LogP contribution in [0, 0.1) is 0 Å². The molecule has 1 aliphatic rings. The van der Waals surface area contributed by atoms with E-state index in [1.165, 1.54) is 0 Å². The molecule has 0 saturated heterocycles. The standard InChI is InChI=1S/C10H14N4/c1-8(11)9-3-2-4-10(7-9)14-6-5-12-13-14/h2-8,12-13H,11H2,1H3/p+1. The number of hydrogen-bond donors (Lipinski definition) is 3. The molecule has 1 unspecified atom stereocenters. The lowest BCUT2D eigenvalue weighted by molar-refractivity contribution is -0.698. The Kier molecular flexibility index (Phi) is 2.39. The zero-order valence-corrected chi connectivity index (χ0v) is 8.14. The van der Waals surface area contributed by atoms with Crippen molar-refractivity contribution in [3.05, 3.63) is 42.2 Å². The number of nitrogens with two attached hydrogens (primary N) is 2. The minimum absolute atomic E-state index is 0.0782. The van der Waals surface area contributed by atoms with E-state index < -0.39 is 0 Å². The summed E-state index contributed by atoms with van der Waals surface area (Å²) < 4.78 is 0. The molecule has 5 N–H and O–H groups in total. The van der Waals surface area contributed by atoms with Gasteiger partial charge in [-0.3, -0.25) is 0 Å². The lowest BCUT2D eigenvalue weighted by Gasteiger charge is -2.13. The van der Waals surface area contributed by atoms with Crippen LogP contribution in [0.15, 0.2) is 36.7 Å². The molecule has 14 heavy (non-hydrogen) atoms. The average molecular weight is 191 g/mol. The van der Waals surface area contributed by atoms with E-state index in [4.69, 9.17) is 5.73 Å². The second kappa shape index (κ2) is 3.69. The second-order valence-corrected chi connectivity index (χ2v) is 3.40. The first-order chi connectivity index (χ1) is 6.77. The van der Waals surface area contributed by atoms with E-state index in [2.05, 4.69) is 17.6 Å². The minimum atomic E-state index is 0.0782. The van der Waals surface area contributed by atoms with Crippen LogP contribution in [-0.4, -0.2) is 0 Å². The van der Waals surface area contributed by atoms with Crippen molar-refractivity contribution >= 4 is 5.69 Å². The molecule has 1 aliphatic heterocycles. The molecule has 0 fully saturated rings. The quantitative estimate of drug-likeness (QED) is 0.576. The van der Waals surface area contributed by atoms with Crippen molar-refractivity contribution in [2.24, 2.45) is 5.73 Å². The molecule has 0 saturated carbocycles. The van der Waals surface area contributed by atoms with Gasteiger partial charge in [0.25, 0.3) is 0 Å². The molecular formula is C10H15N4+. The van der Waals surface area contributed by atoms with Crippen LogP contribution in [0.2, 0.25) is 0 Å². The summed E-state index contributed by atoms with van der Waals surface area (Å²) in [6.07, 6.45) is 3.86. The SMILES string of the molecule is CC(N)c1cccc(N2C=CN[NH2+]2)c1. The molecule has 4 heteroatoms. The van der Waals surface area contributed by atoms with Crippen LogP contribution < -0.4 is 21.7 Å². The number of anilines is 1. The van der Waals surface area contributed by atoms with E-state index in [0.717, 1.165) is 11.3 Å². The summed E-state index contributed by atoms with van der Waals surface area (Å²) in [5.74, 6) is 0. The highest BCUT2D eigenvalue weighted by Gasteiger charge is 2.10. The molecule has 1 heterocycles. The van der Waals surface area contributed by atoms with Crippen molar-refractivity contribution in [2.45, 2.75) is 13.0 Å². The first kappa shape index (κ1) is 9.05. The molecule has 0 amide bonds. The molecular weight excluding hydrogens is 176 g/mol. The van der Waals surface area contributed by atoms with Gasteiger partial charge in [-0.2, -0.15) is 5.01 Å². The molecule has 0 aromatic heterocycles. The third-order valence-electron chi connectivity index (χ3n) is 2.24. The van der Waals surface area contributed by atoms with Crippen LogP contribution >= 0.6 is 0 Å². The fourth-order valence-corrected chi connectivity index (χ4v) is 1.42. The topological polar surface area (TPSA) is 57.9 Å². The summed E-state index contributed by atoms with van der Waals surface area (Å²) in [7, 11) is 0. The Bertz CT molecular complexity index is 346. The zero-order chi connectivity index (χ0) is 9.97. The first-order valence-electron chi connectivity index (χ1n) is 4.67. The molecule has 1 aromatic rings. The molecule has 2 rings (SSSR count).